The zero-order valence-electron chi connectivity index (χ0n) is 10.5. The molecule has 3 nitrogen and oxygen atoms in total. The van der Waals surface area contributed by atoms with Gasteiger partial charge >= 0.3 is 0 Å². The van der Waals surface area contributed by atoms with Crippen molar-refractivity contribution in [3.05, 3.63) is 28.8 Å². The molecule has 1 amide bonds. The van der Waals surface area contributed by atoms with Gasteiger partial charge in [0.2, 0.25) is 0 Å². The summed E-state index contributed by atoms with van der Waals surface area (Å²) >= 11 is 5.88. The Kier molecular flexibility index (Phi) is 4.82. The van der Waals surface area contributed by atoms with E-state index in [0.717, 1.165) is 13.0 Å². The van der Waals surface area contributed by atoms with Crippen molar-refractivity contribution in [3.8, 4) is 0 Å². The Labute approximate surface area is 108 Å². The normalized spacial score (nSPS) is 12.2. The molecule has 1 aromatic rings. The highest BCUT2D eigenvalue weighted by molar-refractivity contribution is 6.31. The van der Waals surface area contributed by atoms with E-state index in [4.69, 9.17) is 17.3 Å². The molecule has 0 fully saturated rings. The molecule has 0 bridgehead atoms. The predicted octanol–water partition coefficient (Wildman–Crippen LogP) is 3.04. The molecule has 1 aromatic carbocycles. The van der Waals surface area contributed by atoms with Gasteiger partial charge in [-0.1, -0.05) is 31.9 Å². The zero-order valence-corrected chi connectivity index (χ0v) is 11.3. The summed E-state index contributed by atoms with van der Waals surface area (Å²) in [6, 6.07) is 4.93. The van der Waals surface area contributed by atoms with E-state index < -0.39 is 0 Å². The predicted molar refractivity (Wildman–Crippen MR) is 72.3 cm³/mol. The van der Waals surface area contributed by atoms with Crippen LogP contribution in [0.5, 0.6) is 0 Å². The van der Waals surface area contributed by atoms with Crippen LogP contribution in [0.25, 0.3) is 0 Å². The highest BCUT2D eigenvalue weighted by atomic mass is 35.5. The molecule has 1 rings (SSSR count). The largest absolute Gasteiger partial charge is 0.399 e. The third-order valence-corrected chi connectivity index (χ3v) is 3.01. The third kappa shape index (κ3) is 3.93. The van der Waals surface area contributed by atoms with Gasteiger partial charge in [0, 0.05) is 29.9 Å². The number of halogens is 1. The smallest absolute Gasteiger partial charge is 0.253 e. The summed E-state index contributed by atoms with van der Waals surface area (Å²) in [5.41, 5.74) is 6.72. The summed E-state index contributed by atoms with van der Waals surface area (Å²) < 4.78 is 0. The lowest BCUT2D eigenvalue weighted by molar-refractivity contribution is 0.0775. The Morgan fingerprint density at radius 1 is 1.47 bits per heavy atom. The van der Waals surface area contributed by atoms with Crippen LogP contribution in [-0.4, -0.2) is 24.4 Å². The van der Waals surface area contributed by atoms with Gasteiger partial charge in [0.05, 0.1) is 0 Å². The van der Waals surface area contributed by atoms with E-state index in [1.54, 1.807) is 30.1 Å². The van der Waals surface area contributed by atoms with Crippen LogP contribution in [0, 0.1) is 5.92 Å². The van der Waals surface area contributed by atoms with Crippen molar-refractivity contribution in [2.75, 3.05) is 19.3 Å². The lowest BCUT2D eigenvalue weighted by Gasteiger charge is -2.21. The molecule has 4 heteroatoms. The van der Waals surface area contributed by atoms with E-state index in [0.29, 0.717) is 22.2 Å². The minimum Gasteiger partial charge on any atom is -0.399 e. The van der Waals surface area contributed by atoms with Crippen LogP contribution in [0.1, 0.15) is 30.6 Å². The number of hydrogen-bond donors (Lipinski definition) is 1. The second kappa shape index (κ2) is 5.92. The fraction of sp³-hybridized carbons (Fsp3) is 0.462. The number of carbonyl (C=O) groups is 1. The topological polar surface area (TPSA) is 46.3 Å². The molecule has 0 heterocycles. The number of nitrogens with two attached hydrogens (primary N) is 1. The molecule has 0 saturated heterocycles. The molecule has 0 aromatic heterocycles. The summed E-state index contributed by atoms with van der Waals surface area (Å²) in [5, 5.41) is 0.491. The minimum atomic E-state index is -0.0421. The number of nitrogen functional groups attached to an aromatic ring is 1. The summed E-state index contributed by atoms with van der Waals surface area (Å²) in [6.45, 7) is 4.97. The lowest BCUT2D eigenvalue weighted by Crippen LogP contribution is -2.30. The van der Waals surface area contributed by atoms with Gasteiger partial charge in [0.15, 0.2) is 0 Å². The van der Waals surface area contributed by atoms with Gasteiger partial charge in [-0.3, -0.25) is 4.79 Å². The number of anilines is 1. The maximum atomic E-state index is 12.1. The fourth-order valence-electron chi connectivity index (χ4n) is 1.64. The van der Waals surface area contributed by atoms with Crippen molar-refractivity contribution < 1.29 is 4.79 Å². The summed E-state index contributed by atoms with van der Waals surface area (Å²) in [7, 11) is 1.80. The van der Waals surface area contributed by atoms with E-state index in [-0.39, 0.29) is 5.91 Å². The maximum Gasteiger partial charge on any atom is 0.253 e. The Hall–Kier alpha value is -1.22. The Morgan fingerprint density at radius 2 is 2.12 bits per heavy atom. The van der Waals surface area contributed by atoms with Crippen molar-refractivity contribution in [2.45, 2.75) is 20.3 Å². The molecule has 1 atom stereocenters. The monoisotopic (exact) mass is 254 g/mol. The van der Waals surface area contributed by atoms with E-state index in [9.17, 15) is 4.79 Å². The van der Waals surface area contributed by atoms with Crippen LogP contribution in [0.15, 0.2) is 18.2 Å². The van der Waals surface area contributed by atoms with E-state index >= 15 is 0 Å². The number of benzene rings is 1. The molecule has 0 radical (unpaired) electrons. The first kappa shape index (κ1) is 13.8. The Bertz CT molecular complexity index is 386. The van der Waals surface area contributed by atoms with Crippen molar-refractivity contribution in [2.24, 2.45) is 5.92 Å². The first-order valence-electron chi connectivity index (χ1n) is 5.75. The molecule has 0 aliphatic heterocycles. The van der Waals surface area contributed by atoms with Crippen molar-refractivity contribution >= 4 is 23.2 Å². The molecule has 94 valence electrons. The molecule has 0 aliphatic carbocycles. The van der Waals surface area contributed by atoms with Gasteiger partial charge in [-0.25, -0.2) is 0 Å². The lowest BCUT2D eigenvalue weighted by atomic mass is 10.1. The van der Waals surface area contributed by atoms with Gasteiger partial charge in [0.25, 0.3) is 5.91 Å². The van der Waals surface area contributed by atoms with Crippen molar-refractivity contribution in [1.82, 2.24) is 4.90 Å². The fourth-order valence-corrected chi connectivity index (χ4v) is 1.88. The Morgan fingerprint density at radius 3 is 2.65 bits per heavy atom. The molecule has 0 spiro atoms. The van der Waals surface area contributed by atoms with Crippen LogP contribution in [-0.2, 0) is 0 Å². The average Bonchev–Trinajstić information content (AvgIpc) is 2.26. The molecule has 0 saturated carbocycles. The summed E-state index contributed by atoms with van der Waals surface area (Å²) in [6.07, 6.45) is 1.05. The number of rotatable bonds is 4. The Balaban J connectivity index is 2.81. The van der Waals surface area contributed by atoms with Gasteiger partial charge in [0.1, 0.15) is 0 Å². The van der Waals surface area contributed by atoms with Crippen LogP contribution >= 0.6 is 11.6 Å². The van der Waals surface area contributed by atoms with Gasteiger partial charge in [-0.15, -0.1) is 0 Å². The SMILES string of the molecule is CCC(C)CN(C)C(=O)c1cc(N)cc(Cl)c1. The van der Waals surface area contributed by atoms with Crippen LogP contribution in [0.2, 0.25) is 5.02 Å². The van der Waals surface area contributed by atoms with E-state index in [2.05, 4.69) is 13.8 Å². The highest BCUT2D eigenvalue weighted by Gasteiger charge is 2.14. The zero-order chi connectivity index (χ0) is 13.0. The van der Waals surface area contributed by atoms with Crippen molar-refractivity contribution in [1.29, 1.82) is 0 Å². The molecule has 0 aliphatic rings. The number of amides is 1. The first-order chi connectivity index (χ1) is 7.93. The van der Waals surface area contributed by atoms with Crippen LogP contribution in [0.3, 0.4) is 0 Å². The highest BCUT2D eigenvalue weighted by Crippen LogP contribution is 2.18. The van der Waals surface area contributed by atoms with Crippen molar-refractivity contribution in [3.63, 3.8) is 0 Å². The third-order valence-electron chi connectivity index (χ3n) is 2.80. The number of nitrogens with zero attached hydrogens (tertiary/aromatic N) is 1. The number of carbonyl (C=O) groups excluding carboxylic acids is 1. The summed E-state index contributed by atoms with van der Waals surface area (Å²) in [5.74, 6) is 0.444. The van der Waals surface area contributed by atoms with Crippen LogP contribution in [0.4, 0.5) is 5.69 Å². The molecule has 1 unspecified atom stereocenters. The van der Waals surface area contributed by atoms with Gasteiger partial charge in [-0.2, -0.15) is 0 Å². The standard InChI is InChI=1S/C13H19ClN2O/c1-4-9(2)8-16(3)13(17)10-5-11(14)7-12(15)6-10/h5-7,9H,4,8,15H2,1-3H3. The maximum absolute atomic E-state index is 12.1. The first-order valence-corrected chi connectivity index (χ1v) is 6.13. The van der Waals surface area contributed by atoms with Gasteiger partial charge in [-0.05, 0) is 24.1 Å². The average molecular weight is 255 g/mol. The molecular weight excluding hydrogens is 236 g/mol. The van der Waals surface area contributed by atoms with E-state index in [1.165, 1.54) is 0 Å². The van der Waals surface area contributed by atoms with E-state index in [1.807, 2.05) is 0 Å². The molecule has 2 N–H and O–H groups in total. The molecule has 17 heavy (non-hydrogen) atoms. The summed E-state index contributed by atoms with van der Waals surface area (Å²) in [4.78, 5) is 13.8. The number of hydrogen-bond acceptors (Lipinski definition) is 2. The van der Waals surface area contributed by atoms with Crippen LogP contribution < -0.4 is 5.73 Å². The minimum absolute atomic E-state index is 0.0421. The quantitative estimate of drug-likeness (QED) is 0.840. The molecular formula is C13H19ClN2O. The van der Waals surface area contributed by atoms with Gasteiger partial charge < -0.3 is 10.6 Å². The second-order valence-electron chi connectivity index (χ2n) is 4.47. The second-order valence-corrected chi connectivity index (χ2v) is 4.91.